The number of rotatable bonds is 7. The number of nitriles is 1. The fourth-order valence-electron chi connectivity index (χ4n) is 3.31. The summed E-state index contributed by atoms with van der Waals surface area (Å²) >= 11 is 1.36. The number of piperidine rings is 1. The van der Waals surface area contributed by atoms with Crippen LogP contribution in [0.2, 0.25) is 0 Å². The lowest BCUT2D eigenvalue weighted by atomic mass is 9.90. The van der Waals surface area contributed by atoms with E-state index in [1.807, 2.05) is 55.7 Å². The van der Waals surface area contributed by atoms with E-state index in [4.69, 9.17) is 0 Å². The first-order valence-electron chi connectivity index (χ1n) is 10.5. The molecular weight excluding hydrogens is 396 g/mol. The van der Waals surface area contributed by atoms with E-state index in [0.717, 1.165) is 37.6 Å². The number of anilines is 1. The monoisotopic (exact) mass is 426 g/mol. The second-order valence-corrected chi connectivity index (χ2v) is 9.53. The Labute approximate surface area is 182 Å². The van der Waals surface area contributed by atoms with Crippen LogP contribution in [0.25, 0.3) is 5.69 Å². The Kier molecular flexibility index (Phi) is 7.03. The number of nitrogens with one attached hydrogen (secondary N) is 1. The van der Waals surface area contributed by atoms with Gasteiger partial charge in [0.05, 0.1) is 17.0 Å². The molecule has 0 aliphatic carbocycles. The molecule has 1 aromatic heterocycles. The van der Waals surface area contributed by atoms with Gasteiger partial charge in [0.15, 0.2) is 5.16 Å². The Balaban J connectivity index is 1.86. The molecule has 1 amide bonds. The van der Waals surface area contributed by atoms with Gasteiger partial charge in [-0.2, -0.15) is 5.26 Å². The Bertz CT molecular complexity index is 900. The highest BCUT2D eigenvalue weighted by Gasteiger charge is 2.32. The second-order valence-electron chi connectivity index (χ2n) is 8.22. The van der Waals surface area contributed by atoms with E-state index in [0.29, 0.717) is 5.16 Å². The molecular formula is C22H30N6OS. The Morgan fingerprint density at radius 1 is 1.17 bits per heavy atom. The number of carbonyl (C=O) groups is 1. The summed E-state index contributed by atoms with van der Waals surface area (Å²) in [6.07, 6.45) is 3.53. The highest BCUT2D eigenvalue weighted by molar-refractivity contribution is 8.00. The molecule has 0 bridgehead atoms. The molecule has 0 radical (unpaired) electrons. The third kappa shape index (κ3) is 4.78. The number of hydrogen-bond donors (Lipinski definition) is 1. The zero-order valence-electron chi connectivity index (χ0n) is 18.1. The average Bonchev–Trinajstić information content (AvgIpc) is 3.18. The molecule has 2 atom stereocenters. The van der Waals surface area contributed by atoms with Gasteiger partial charge < -0.3 is 10.2 Å². The lowest BCUT2D eigenvalue weighted by molar-refractivity contribution is -0.121. The molecule has 30 heavy (non-hydrogen) atoms. The minimum absolute atomic E-state index is 0.00215. The Morgan fingerprint density at radius 3 is 2.43 bits per heavy atom. The van der Waals surface area contributed by atoms with Crippen molar-refractivity contribution < 1.29 is 4.79 Å². The van der Waals surface area contributed by atoms with E-state index >= 15 is 0 Å². The molecule has 0 saturated carbocycles. The molecule has 2 heterocycles. The first kappa shape index (κ1) is 22.2. The quantitative estimate of drug-likeness (QED) is 0.678. The molecule has 1 N–H and O–H groups in total. The smallest absolute Gasteiger partial charge is 0.234 e. The SMILES string of the molecule is CC(C)[C@@](C)(C#N)NC(=O)[C@@H](C)Sc1nnc(N2CCCCC2)n1-c1ccccc1. The number of hydrogen-bond acceptors (Lipinski definition) is 6. The molecule has 0 unspecified atom stereocenters. The van der Waals surface area contributed by atoms with Crippen LogP contribution in [-0.4, -0.2) is 44.6 Å². The van der Waals surface area contributed by atoms with Gasteiger partial charge in [0.2, 0.25) is 11.9 Å². The highest BCUT2D eigenvalue weighted by atomic mass is 32.2. The van der Waals surface area contributed by atoms with Crippen LogP contribution in [0.1, 0.15) is 47.0 Å². The summed E-state index contributed by atoms with van der Waals surface area (Å²) < 4.78 is 2.03. The fraction of sp³-hybridized carbons (Fsp3) is 0.545. The predicted octanol–water partition coefficient (Wildman–Crippen LogP) is 3.79. The number of nitrogens with zero attached hydrogens (tertiary/aromatic N) is 5. The number of thioether (sulfide) groups is 1. The number of benzene rings is 1. The highest BCUT2D eigenvalue weighted by Crippen LogP contribution is 2.31. The van der Waals surface area contributed by atoms with Crippen molar-refractivity contribution in [3.05, 3.63) is 30.3 Å². The lowest BCUT2D eigenvalue weighted by Gasteiger charge is -2.29. The predicted molar refractivity (Wildman–Crippen MR) is 120 cm³/mol. The minimum Gasteiger partial charge on any atom is -0.341 e. The standard InChI is InChI=1S/C22H30N6OS/c1-16(2)22(4,15-23)24-19(29)17(3)30-21-26-25-20(27-13-9-6-10-14-27)28(21)18-11-7-5-8-12-18/h5,7-8,11-12,16-17H,6,9-10,13-14H2,1-4H3,(H,24,29)/t17-,22-/m1/s1. The largest absolute Gasteiger partial charge is 0.341 e. The van der Waals surface area contributed by atoms with Crippen molar-refractivity contribution >= 4 is 23.6 Å². The number of aromatic nitrogens is 3. The van der Waals surface area contributed by atoms with Gasteiger partial charge in [-0.3, -0.25) is 9.36 Å². The van der Waals surface area contributed by atoms with Gasteiger partial charge in [-0.25, -0.2) is 0 Å². The van der Waals surface area contributed by atoms with Crippen LogP contribution in [0.15, 0.2) is 35.5 Å². The van der Waals surface area contributed by atoms with Crippen LogP contribution in [0.3, 0.4) is 0 Å². The van der Waals surface area contributed by atoms with Crippen LogP contribution >= 0.6 is 11.8 Å². The first-order valence-corrected chi connectivity index (χ1v) is 11.4. The molecule has 160 valence electrons. The number of amides is 1. The molecule has 1 aliphatic heterocycles. The fourth-order valence-corrected chi connectivity index (χ4v) is 4.17. The van der Waals surface area contributed by atoms with Crippen molar-refractivity contribution in [1.82, 2.24) is 20.1 Å². The van der Waals surface area contributed by atoms with E-state index in [1.54, 1.807) is 6.92 Å². The van der Waals surface area contributed by atoms with Crippen molar-refractivity contribution in [1.29, 1.82) is 5.26 Å². The van der Waals surface area contributed by atoms with Gasteiger partial charge in [0, 0.05) is 13.1 Å². The maximum Gasteiger partial charge on any atom is 0.234 e. The van der Waals surface area contributed by atoms with Gasteiger partial charge in [0.25, 0.3) is 0 Å². The maximum absolute atomic E-state index is 12.8. The molecule has 1 fully saturated rings. The molecule has 1 aromatic carbocycles. The summed E-state index contributed by atoms with van der Waals surface area (Å²) in [6, 6.07) is 12.2. The molecule has 7 nitrogen and oxygen atoms in total. The Hall–Kier alpha value is -2.53. The van der Waals surface area contributed by atoms with Crippen LogP contribution in [0, 0.1) is 17.2 Å². The van der Waals surface area contributed by atoms with Crippen LogP contribution in [-0.2, 0) is 4.79 Å². The molecule has 0 spiro atoms. The van der Waals surface area contributed by atoms with E-state index in [-0.39, 0.29) is 11.8 Å². The van der Waals surface area contributed by atoms with Gasteiger partial charge in [-0.15, -0.1) is 10.2 Å². The summed E-state index contributed by atoms with van der Waals surface area (Å²) in [5.74, 6) is 0.641. The van der Waals surface area contributed by atoms with E-state index in [2.05, 4.69) is 26.5 Å². The average molecular weight is 427 g/mol. The molecule has 1 saturated heterocycles. The van der Waals surface area contributed by atoms with Crippen LogP contribution < -0.4 is 10.2 Å². The number of para-hydroxylation sites is 1. The van der Waals surface area contributed by atoms with E-state index in [1.165, 1.54) is 18.2 Å². The van der Waals surface area contributed by atoms with Crippen molar-refractivity contribution in [2.45, 2.75) is 62.9 Å². The molecule has 3 rings (SSSR count). The van der Waals surface area contributed by atoms with Crippen molar-refractivity contribution in [2.24, 2.45) is 5.92 Å². The zero-order valence-corrected chi connectivity index (χ0v) is 18.9. The molecule has 2 aromatic rings. The van der Waals surface area contributed by atoms with Gasteiger partial charge >= 0.3 is 0 Å². The van der Waals surface area contributed by atoms with Crippen molar-refractivity contribution in [3.8, 4) is 11.8 Å². The first-order chi connectivity index (χ1) is 14.4. The Morgan fingerprint density at radius 2 is 1.83 bits per heavy atom. The van der Waals surface area contributed by atoms with Gasteiger partial charge in [-0.05, 0) is 51.2 Å². The number of carbonyl (C=O) groups excluding carboxylic acids is 1. The van der Waals surface area contributed by atoms with Gasteiger partial charge in [-0.1, -0.05) is 43.8 Å². The molecule has 8 heteroatoms. The van der Waals surface area contributed by atoms with Gasteiger partial charge in [0.1, 0.15) is 5.54 Å². The molecule has 1 aliphatic rings. The lowest BCUT2D eigenvalue weighted by Crippen LogP contribution is -2.51. The summed E-state index contributed by atoms with van der Waals surface area (Å²) in [5, 5.41) is 21.6. The summed E-state index contributed by atoms with van der Waals surface area (Å²) in [6.45, 7) is 9.37. The minimum atomic E-state index is -0.905. The van der Waals surface area contributed by atoms with Crippen LogP contribution in [0.4, 0.5) is 5.95 Å². The summed E-state index contributed by atoms with van der Waals surface area (Å²) in [5.41, 5.74) is 0.0695. The summed E-state index contributed by atoms with van der Waals surface area (Å²) in [7, 11) is 0. The second kappa shape index (κ2) is 9.52. The topological polar surface area (TPSA) is 86.8 Å². The van der Waals surface area contributed by atoms with Crippen LogP contribution in [0.5, 0.6) is 0 Å². The maximum atomic E-state index is 12.8. The third-order valence-electron chi connectivity index (χ3n) is 5.69. The van der Waals surface area contributed by atoms with E-state index < -0.39 is 10.8 Å². The van der Waals surface area contributed by atoms with Crippen molar-refractivity contribution in [3.63, 3.8) is 0 Å². The third-order valence-corrected chi connectivity index (χ3v) is 6.73. The summed E-state index contributed by atoms with van der Waals surface area (Å²) in [4.78, 5) is 15.1. The van der Waals surface area contributed by atoms with E-state index in [9.17, 15) is 10.1 Å². The normalized spacial score (nSPS) is 17.3. The van der Waals surface area contributed by atoms with Crippen molar-refractivity contribution in [2.75, 3.05) is 18.0 Å². The zero-order chi connectivity index (χ0) is 21.7.